The summed E-state index contributed by atoms with van der Waals surface area (Å²) in [6, 6.07) is -0.246. The van der Waals surface area contributed by atoms with Gasteiger partial charge < -0.3 is 15.2 Å². The monoisotopic (exact) mass is 251 g/mol. The molecule has 94 valence electrons. The fourth-order valence-corrected chi connectivity index (χ4v) is 1.13. The van der Waals surface area contributed by atoms with Gasteiger partial charge in [0.2, 0.25) is 0 Å². The lowest BCUT2D eigenvalue weighted by Gasteiger charge is -2.21. The number of alkyl halides is 1. The zero-order chi connectivity index (χ0) is 12.8. The highest BCUT2D eigenvalue weighted by Gasteiger charge is 2.25. The Morgan fingerprint density at radius 2 is 1.94 bits per heavy atom. The van der Waals surface area contributed by atoms with Gasteiger partial charge in [0.05, 0.1) is 12.3 Å². The molecule has 0 aromatic rings. The van der Waals surface area contributed by atoms with Gasteiger partial charge in [-0.15, -0.1) is 0 Å². The van der Waals surface area contributed by atoms with Crippen molar-refractivity contribution in [3.63, 3.8) is 0 Å². The Labute approximate surface area is 100 Å². The molecule has 0 unspecified atom stereocenters. The Balaban J connectivity index is 4.22. The van der Waals surface area contributed by atoms with Gasteiger partial charge in [0.1, 0.15) is 5.60 Å². The van der Waals surface area contributed by atoms with Crippen molar-refractivity contribution in [2.45, 2.75) is 32.8 Å². The smallest absolute Gasteiger partial charge is 0.312 e. The van der Waals surface area contributed by atoms with E-state index in [1.54, 1.807) is 20.8 Å². The zero-order valence-electron chi connectivity index (χ0n) is 9.79. The summed E-state index contributed by atoms with van der Waals surface area (Å²) in [7, 11) is 0. The van der Waals surface area contributed by atoms with Crippen LogP contribution in [0.15, 0.2) is 0 Å². The van der Waals surface area contributed by atoms with Crippen molar-refractivity contribution < 1.29 is 19.1 Å². The highest BCUT2D eigenvalue weighted by molar-refractivity contribution is 6.17. The van der Waals surface area contributed by atoms with Gasteiger partial charge in [-0.25, -0.2) is 0 Å². The van der Waals surface area contributed by atoms with Gasteiger partial charge in [-0.2, -0.15) is 0 Å². The molecule has 16 heavy (non-hydrogen) atoms. The number of ether oxygens (including phenoxy) is 2. The lowest BCUT2D eigenvalue weighted by molar-refractivity contribution is -0.160. The third-order valence-corrected chi connectivity index (χ3v) is 1.76. The minimum Gasteiger partial charge on any atom is -0.460 e. The van der Waals surface area contributed by atoms with Gasteiger partial charge >= 0.3 is 11.9 Å². The molecule has 0 aliphatic carbocycles. The zero-order valence-corrected chi connectivity index (χ0v) is 10.5. The van der Waals surface area contributed by atoms with E-state index in [4.69, 9.17) is 22.1 Å². The Kier molecular flexibility index (Phi) is 6.36. The maximum absolute atomic E-state index is 11.4. The van der Waals surface area contributed by atoms with Crippen LogP contribution in [0.25, 0.3) is 0 Å². The lowest BCUT2D eigenvalue weighted by atomic mass is 10.1. The summed E-state index contributed by atoms with van der Waals surface area (Å²) < 4.78 is 9.63. The normalized spacial score (nSPS) is 13.1. The minimum absolute atomic E-state index is 0.0228. The molecule has 0 aromatic carbocycles. The van der Waals surface area contributed by atoms with Crippen molar-refractivity contribution in [2.24, 2.45) is 11.7 Å². The number of nitrogens with two attached hydrogens (primary N) is 1. The van der Waals surface area contributed by atoms with Gasteiger partial charge in [-0.1, -0.05) is 11.6 Å². The van der Waals surface area contributed by atoms with Crippen LogP contribution in [0.3, 0.4) is 0 Å². The van der Waals surface area contributed by atoms with E-state index >= 15 is 0 Å². The van der Waals surface area contributed by atoms with E-state index in [1.807, 2.05) is 0 Å². The standard InChI is InChI=1S/C10H18ClNO4/c1-10(2,3)16-8(13)4-7(5-12)9(14)15-6-11/h7H,4-6,12H2,1-3H3/t7-/m0/s1. The molecule has 0 bridgehead atoms. The van der Waals surface area contributed by atoms with Crippen LogP contribution >= 0.6 is 11.6 Å². The van der Waals surface area contributed by atoms with Crippen LogP contribution in [-0.4, -0.2) is 30.2 Å². The quantitative estimate of drug-likeness (QED) is 0.583. The first-order chi connectivity index (χ1) is 7.30. The molecular weight excluding hydrogens is 234 g/mol. The summed E-state index contributed by atoms with van der Waals surface area (Å²) >= 11 is 5.24. The molecule has 0 aliphatic heterocycles. The van der Waals surface area contributed by atoms with Crippen molar-refractivity contribution in [2.75, 3.05) is 12.6 Å². The number of carbonyl (C=O) groups excluding carboxylic acids is 2. The van der Waals surface area contributed by atoms with Gasteiger partial charge in [0.25, 0.3) is 0 Å². The van der Waals surface area contributed by atoms with Crippen LogP contribution in [-0.2, 0) is 19.1 Å². The number of hydrogen-bond donors (Lipinski definition) is 1. The summed E-state index contributed by atoms with van der Waals surface area (Å²) in [6.45, 7) is 5.27. The molecule has 0 aliphatic rings. The lowest BCUT2D eigenvalue weighted by Crippen LogP contribution is -2.31. The van der Waals surface area contributed by atoms with Crippen molar-refractivity contribution in [3.8, 4) is 0 Å². The topological polar surface area (TPSA) is 78.6 Å². The molecular formula is C10H18ClNO4. The van der Waals surface area contributed by atoms with E-state index < -0.39 is 23.5 Å². The molecule has 5 nitrogen and oxygen atoms in total. The van der Waals surface area contributed by atoms with E-state index in [0.717, 1.165) is 0 Å². The summed E-state index contributed by atoms with van der Waals surface area (Å²) in [5.41, 5.74) is 4.79. The van der Waals surface area contributed by atoms with Crippen molar-refractivity contribution in [3.05, 3.63) is 0 Å². The van der Waals surface area contributed by atoms with Crippen LogP contribution in [0.2, 0.25) is 0 Å². The maximum atomic E-state index is 11.4. The Bertz CT molecular complexity index is 250. The van der Waals surface area contributed by atoms with E-state index in [9.17, 15) is 9.59 Å². The van der Waals surface area contributed by atoms with E-state index in [0.29, 0.717) is 0 Å². The highest BCUT2D eigenvalue weighted by atomic mass is 35.5. The molecule has 0 rings (SSSR count). The predicted octanol–water partition coefficient (Wildman–Crippen LogP) is 1.03. The highest BCUT2D eigenvalue weighted by Crippen LogP contribution is 2.12. The Morgan fingerprint density at radius 1 is 1.38 bits per heavy atom. The van der Waals surface area contributed by atoms with Gasteiger partial charge in [-0.3, -0.25) is 9.59 Å². The second-order valence-corrected chi connectivity index (χ2v) is 4.51. The molecule has 0 fully saturated rings. The second kappa shape index (κ2) is 6.70. The summed E-state index contributed by atoms with van der Waals surface area (Å²) in [4.78, 5) is 22.7. The van der Waals surface area contributed by atoms with Gasteiger partial charge in [-0.05, 0) is 20.8 Å². The molecule has 0 heterocycles. The average Bonchev–Trinajstić information content (AvgIpc) is 2.11. The predicted molar refractivity (Wildman–Crippen MR) is 59.8 cm³/mol. The second-order valence-electron chi connectivity index (χ2n) is 4.30. The fourth-order valence-electron chi connectivity index (χ4n) is 1.02. The number of hydrogen-bond acceptors (Lipinski definition) is 5. The first-order valence-corrected chi connectivity index (χ1v) is 5.48. The third-order valence-electron chi connectivity index (χ3n) is 1.65. The van der Waals surface area contributed by atoms with Crippen LogP contribution in [0, 0.1) is 5.92 Å². The molecule has 0 amide bonds. The molecule has 0 aromatic heterocycles. The van der Waals surface area contributed by atoms with Crippen LogP contribution in [0.4, 0.5) is 0 Å². The van der Waals surface area contributed by atoms with E-state index in [1.165, 1.54) is 0 Å². The van der Waals surface area contributed by atoms with E-state index in [-0.39, 0.29) is 19.0 Å². The molecule has 6 heteroatoms. The van der Waals surface area contributed by atoms with E-state index in [2.05, 4.69) is 4.74 Å². The van der Waals surface area contributed by atoms with Crippen LogP contribution < -0.4 is 5.73 Å². The summed E-state index contributed by atoms with van der Waals surface area (Å²) in [5.74, 6) is -1.76. The van der Waals surface area contributed by atoms with Gasteiger partial charge in [0.15, 0.2) is 6.07 Å². The minimum atomic E-state index is -0.700. The van der Waals surface area contributed by atoms with Crippen LogP contribution in [0.5, 0.6) is 0 Å². The molecule has 0 saturated heterocycles. The maximum Gasteiger partial charge on any atom is 0.312 e. The third kappa shape index (κ3) is 6.63. The fraction of sp³-hybridized carbons (Fsp3) is 0.800. The van der Waals surface area contributed by atoms with Crippen molar-refractivity contribution >= 4 is 23.5 Å². The summed E-state index contributed by atoms with van der Waals surface area (Å²) in [5, 5.41) is 0. The SMILES string of the molecule is CC(C)(C)OC(=O)C[C@@H](CN)C(=O)OCCl. The number of halogens is 1. The van der Waals surface area contributed by atoms with Crippen molar-refractivity contribution in [1.29, 1.82) is 0 Å². The first-order valence-electron chi connectivity index (χ1n) is 4.94. The largest absolute Gasteiger partial charge is 0.460 e. The molecule has 0 saturated carbocycles. The molecule has 2 N–H and O–H groups in total. The molecule has 1 atom stereocenters. The average molecular weight is 252 g/mol. The Hall–Kier alpha value is -0.810. The number of carbonyl (C=O) groups is 2. The molecule has 0 spiro atoms. The van der Waals surface area contributed by atoms with Crippen LogP contribution in [0.1, 0.15) is 27.2 Å². The van der Waals surface area contributed by atoms with Gasteiger partial charge in [0, 0.05) is 6.54 Å². The first kappa shape index (κ1) is 15.2. The number of rotatable bonds is 5. The summed E-state index contributed by atoms with van der Waals surface area (Å²) in [6.07, 6.45) is -0.0938. The number of esters is 2. The Morgan fingerprint density at radius 3 is 2.31 bits per heavy atom. The van der Waals surface area contributed by atoms with Crippen molar-refractivity contribution in [1.82, 2.24) is 0 Å². The molecule has 0 radical (unpaired) electrons.